The number of piperidine rings is 1. The van der Waals surface area contributed by atoms with Gasteiger partial charge in [-0.1, -0.05) is 0 Å². The highest BCUT2D eigenvalue weighted by Crippen LogP contribution is 2.16. The van der Waals surface area contributed by atoms with Crippen molar-refractivity contribution in [3.63, 3.8) is 0 Å². The third-order valence-electron chi connectivity index (χ3n) is 2.83. The second-order valence-electron chi connectivity index (χ2n) is 3.86. The van der Waals surface area contributed by atoms with Crippen molar-refractivity contribution in [1.82, 2.24) is 14.3 Å². The molecule has 2 aliphatic heterocycles. The SMILES string of the molecule is O=S1(=O)NCCCN1C1CCCNC1. The van der Waals surface area contributed by atoms with Crippen LogP contribution in [0.4, 0.5) is 0 Å². The van der Waals surface area contributed by atoms with E-state index in [0.29, 0.717) is 13.1 Å². The Morgan fingerprint density at radius 1 is 1.21 bits per heavy atom. The summed E-state index contributed by atoms with van der Waals surface area (Å²) in [5.41, 5.74) is 0. The molecule has 2 N–H and O–H groups in total. The molecular formula is C8H17N3O2S. The van der Waals surface area contributed by atoms with E-state index in [-0.39, 0.29) is 6.04 Å². The minimum Gasteiger partial charge on any atom is -0.315 e. The van der Waals surface area contributed by atoms with E-state index in [9.17, 15) is 8.42 Å². The zero-order chi connectivity index (χ0) is 10.0. The lowest BCUT2D eigenvalue weighted by atomic mass is 10.1. The van der Waals surface area contributed by atoms with E-state index in [0.717, 1.165) is 32.4 Å². The zero-order valence-electron chi connectivity index (χ0n) is 8.20. The van der Waals surface area contributed by atoms with Gasteiger partial charge in [0, 0.05) is 25.7 Å². The summed E-state index contributed by atoms with van der Waals surface area (Å²) in [4.78, 5) is 0. The van der Waals surface area contributed by atoms with Crippen LogP contribution in [-0.2, 0) is 10.2 Å². The number of rotatable bonds is 1. The van der Waals surface area contributed by atoms with E-state index in [2.05, 4.69) is 10.0 Å². The van der Waals surface area contributed by atoms with E-state index in [1.807, 2.05) is 0 Å². The third kappa shape index (κ3) is 2.08. The molecule has 0 radical (unpaired) electrons. The predicted molar refractivity (Wildman–Crippen MR) is 54.1 cm³/mol. The molecule has 1 unspecified atom stereocenters. The van der Waals surface area contributed by atoms with Crippen LogP contribution in [0.1, 0.15) is 19.3 Å². The molecule has 0 aromatic heterocycles. The van der Waals surface area contributed by atoms with Crippen molar-refractivity contribution in [2.45, 2.75) is 25.3 Å². The molecule has 14 heavy (non-hydrogen) atoms. The molecule has 0 amide bonds. The van der Waals surface area contributed by atoms with Gasteiger partial charge in [0.15, 0.2) is 0 Å². The van der Waals surface area contributed by atoms with Crippen molar-refractivity contribution in [2.75, 3.05) is 26.2 Å². The van der Waals surface area contributed by atoms with Crippen molar-refractivity contribution < 1.29 is 8.42 Å². The number of nitrogens with zero attached hydrogens (tertiary/aromatic N) is 1. The summed E-state index contributed by atoms with van der Waals surface area (Å²) < 4.78 is 27.5. The van der Waals surface area contributed by atoms with Crippen LogP contribution in [0.3, 0.4) is 0 Å². The minimum absolute atomic E-state index is 0.154. The summed E-state index contributed by atoms with van der Waals surface area (Å²) in [5.74, 6) is 0. The molecule has 0 bridgehead atoms. The highest BCUT2D eigenvalue weighted by atomic mass is 32.2. The lowest BCUT2D eigenvalue weighted by Crippen LogP contribution is -2.55. The largest absolute Gasteiger partial charge is 0.315 e. The Labute approximate surface area is 85.0 Å². The van der Waals surface area contributed by atoms with E-state index >= 15 is 0 Å². The quantitative estimate of drug-likeness (QED) is 0.612. The summed E-state index contributed by atoms with van der Waals surface area (Å²) in [5, 5.41) is 3.24. The molecule has 2 rings (SSSR count). The second kappa shape index (κ2) is 4.14. The summed E-state index contributed by atoms with van der Waals surface area (Å²) in [6.45, 7) is 3.05. The highest BCUT2D eigenvalue weighted by molar-refractivity contribution is 7.87. The molecule has 6 heteroatoms. The molecule has 2 saturated heterocycles. The number of hydrogen-bond acceptors (Lipinski definition) is 3. The molecule has 2 heterocycles. The van der Waals surface area contributed by atoms with Gasteiger partial charge in [-0.15, -0.1) is 0 Å². The number of hydrogen-bond donors (Lipinski definition) is 2. The third-order valence-corrected chi connectivity index (χ3v) is 4.49. The van der Waals surface area contributed by atoms with Crippen LogP contribution < -0.4 is 10.0 Å². The van der Waals surface area contributed by atoms with Crippen molar-refractivity contribution in [1.29, 1.82) is 0 Å². The Kier molecular flexibility index (Phi) is 3.06. The van der Waals surface area contributed by atoms with Gasteiger partial charge in [-0.3, -0.25) is 0 Å². The first-order chi connectivity index (χ1) is 6.70. The predicted octanol–water partition coefficient (Wildman–Crippen LogP) is -0.721. The Morgan fingerprint density at radius 2 is 2.07 bits per heavy atom. The molecule has 82 valence electrons. The summed E-state index contributed by atoms with van der Waals surface area (Å²) in [6, 6.07) is 0.154. The number of nitrogens with one attached hydrogen (secondary N) is 2. The average Bonchev–Trinajstić information content (AvgIpc) is 2.18. The molecule has 5 nitrogen and oxygen atoms in total. The normalized spacial score (nSPS) is 34.1. The van der Waals surface area contributed by atoms with E-state index < -0.39 is 10.2 Å². The van der Waals surface area contributed by atoms with Crippen LogP contribution in [-0.4, -0.2) is 44.9 Å². The first-order valence-corrected chi connectivity index (χ1v) is 6.61. The average molecular weight is 219 g/mol. The van der Waals surface area contributed by atoms with Gasteiger partial charge in [0.25, 0.3) is 10.2 Å². The minimum atomic E-state index is -3.18. The van der Waals surface area contributed by atoms with Gasteiger partial charge in [-0.05, 0) is 25.8 Å². The molecule has 2 fully saturated rings. The van der Waals surface area contributed by atoms with Crippen molar-refractivity contribution in [2.24, 2.45) is 0 Å². The first kappa shape index (κ1) is 10.4. The topological polar surface area (TPSA) is 61.4 Å². The van der Waals surface area contributed by atoms with E-state index in [4.69, 9.17) is 0 Å². The maximum atomic E-state index is 11.7. The summed E-state index contributed by atoms with van der Waals surface area (Å²) >= 11 is 0. The van der Waals surface area contributed by atoms with Crippen LogP contribution in [0, 0.1) is 0 Å². The fourth-order valence-corrected chi connectivity index (χ4v) is 3.61. The van der Waals surface area contributed by atoms with Gasteiger partial charge < -0.3 is 5.32 Å². The van der Waals surface area contributed by atoms with Crippen LogP contribution in [0.15, 0.2) is 0 Å². The Bertz CT molecular complexity index is 285. The van der Waals surface area contributed by atoms with Crippen LogP contribution in [0.5, 0.6) is 0 Å². The zero-order valence-corrected chi connectivity index (χ0v) is 9.02. The van der Waals surface area contributed by atoms with Crippen molar-refractivity contribution >= 4 is 10.2 Å². The van der Waals surface area contributed by atoms with Gasteiger partial charge in [0.05, 0.1) is 0 Å². The Hall–Kier alpha value is -0.170. The molecule has 2 aliphatic rings. The summed E-state index contributed by atoms with van der Waals surface area (Å²) in [7, 11) is -3.18. The smallest absolute Gasteiger partial charge is 0.279 e. The standard InChI is InChI=1S/C8H17N3O2S/c12-14(13)10-5-2-6-11(14)8-3-1-4-9-7-8/h8-10H,1-7H2. The maximum Gasteiger partial charge on any atom is 0.279 e. The first-order valence-electron chi connectivity index (χ1n) is 5.17. The molecule has 0 spiro atoms. The van der Waals surface area contributed by atoms with Crippen LogP contribution >= 0.6 is 0 Å². The monoisotopic (exact) mass is 219 g/mol. The molecule has 0 aromatic carbocycles. The van der Waals surface area contributed by atoms with E-state index in [1.54, 1.807) is 4.31 Å². The van der Waals surface area contributed by atoms with Gasteiger partial charge in [0.1, 0.15) is 0 Å². The highest BCUT2D eigenvalue weighted by Gasteiger charge is 2.32. The fraction of sp³-hybridized carbons (Fsp3) is 1.00. The molecule has 0 saturated carbocycles. The van der Waals surface area contributed by atoms with E-state index in [1.165, 1.54) is 0 Å². The maximum absolute atomic E-state index is 11.7. The fourth-order valence-electron chi connectivity index (χ4n) is 2.10. The Morgan fingerprint density at radius 3 is 2.71 bits per heavy atom. The van der Waals surface area contributed by atoms with Gasteiger partial charge in [-0.25, -0.2) is 4.72 Å². The Balaban J connectivity index is 2.07. The van der Waals surface area contributed by atoms with Crippen molar-refractivity contribution in [3.8, 4) is 0 Å². The van der Waals surface area contributed by atoms with Gasteiger partial charge >= 0.3 is 0 Å². The van der Waals surface area contributed by atoms with Crippen molar-refractivity contribution in [3.05, 3.63) is 0 Å². The molecular weight excluding hydrogens is 202 g/mol. The molecule has 0 aromatic rings. The summed E-state index contributed by atoms with van der Waals surface area (Å²) in [6.07, 6.45) is 2.96. The van der Waals surface area contributed by atoms with Crippen LogP contribution in [0.25, 0.3) is 0 Å². The molecule has 1 atom stereocenters. The molecule has 0 aliphatic carbocycles. The lowest BCUT2D eigenvalue weighted by molar-refractivity contribution is 0.251. The second-order valence-corrected chi connectivity index (χ2v) is 5.57. The van der Waals surface area contributed by atoms with Crippen LogP contribution in [0.2, 0.25) is 0 Å². The van der Waals surface area contributed by atoms with Gasteiger partial charge in [-0.2, -0.15) is 12.7 Å². The lowest BCUT2D eigenvalue weighted by Gasteiger charge is -2.36. The van der Waals surface area contributed by atoms with Gasteiger partial charge in [0.2, 0.25) is 0 Å².